The molecule has 1 atom stereocenters. The van der Waals surface area contributed by atoms with Gasteiger partial charge in [0.1, 0.15) is 4.21 Å². The zero-order valence-corrected chi connectivity index (χ0v) is 19.0. The van der Waals surface area contributed by atoms with Gasteiger partial charge in [0.05, 0.1) is 15.5 Å². The van der Waals surface area contributed by atoms with Crippen LogP contribution in [0.25, 0.3) is 10.2 Å². The maximum absolute atomic E-state index is 12.5. The predicted octanol–water partition coefficient (Wildman–Crippen LogP) is 5.28. The van der Waals surface area contributed by atoms with Crippen molar-refractivity contribution < 1.29 is 13.2 Å². The number of hydrogen-bond donors (Lipinski definition) is 2. The van der Waals surface area contributed by atoms with E-state index in [0.717, 1.165) is 26.4 Å². The molecule has 0 radical (unpaired) electrons. The van der Waals surface area contributed by atoms with Gasteiger partial charge in [-0.25, -0.2) is 13.4 Å². The SMILES string of the molecule is CC(Sc1ccc(NS(=O)(=O)c2cccs2)cc1)C(=O)Nc1nc2ccccc2s1. The molecule has 0 aliphatic carbocycles. The molecule has 0 bridgehead atoms. The number of thiophene rings is 1. The Kier molecular flexibility index (Phi) is 6.09. The molecule has 4 rings (SSSR count). The van der Waals surface area contributed by atoms with Crippen LogP contribution in [0.15, 0.2) is 75.1 Å². The summed E-state index contributed by atoms with van der Waals surface area (Å²) in [6.07, 6.45) is 0. The average molecular weight is 476 g/mol. The van der Waals surface area contributed by atoms with Crippen LogP contribution >= 0.6 is 34.4 Å². The van der Waals surface area contributed by atoms with Crippen LogP contribution in [-0.4, -0.2) is 24.6 Å². The van der Waals surface area contributed by atoms with E-state index in [0.29, 0.717) is 10.8 Å². The highest BCUT2D eigenvalue weighted by Crippen LogP contribution is 2.29. The highest BCUT2D eigenvalue weighted by atomic mass is 32.2. The first-order valence-electron chi connectivity index (χ1n) is 8.90. The number of thioether (sulfide) groups is 1. The Morgan fingerprint density at radius 3 is 2.53 bits per heavy atom. The fourth-order valence-corrected chi connectivity index (χ4v) is 6.40. The quantitative estimate of drug-likeness (QED) is 0.355. The normalized spacial score (nSPS) is 12.6. The monoisotopic (exact) mass is 475 g/mol. The number of carbonyl (C=O) groups excluding carboxylic acids is 1. The number of hydrogen-bond acceptors (Lipinski definition) is 7. The van der Waals surface area contributed by atoms with E-state index in [2.05, 4.69) is 15.0 Å². The summed E-state index contributed by atoms with van der Waals surface area (Å²) < 4.78 is 28.4. The third kappa shape index (κ3) is 4.84. The van der Waals surface area contributed by atoms with E-state index in [1.54, 1.807) is 41.8 Å². The topological polar surface area (TPSA) is 88.2 Å². The molecule has 0 spiro atoms. The molecule has 2 aromatic heterocycles. The van der Waals surface area contributed by atoms with E-state index in [1.807, 2.05) is 31.2 Å². The molecule has 1 amide bonds. The van der Waals surface area contributed by atoms with Crippen molar-refractivity contribution in [2.45, 2.75) is 21.3 Å². The number of carbonyl (C=O) groups is 1. The molecule has 2 heterocycles. The lowest BCUT2D eigenvalue weighted by Gasteiger charge is -2.11. The molecule has 4 aromatic rings. The van der Waals surface area contributed by atoms with Crippen LogP contribution in [0.3, 0.4) is 0 Å². The molecule has 0 saturated heterocycles. The molecule has 0 saturated carbocycles. The van der Waals surface area contributed by atoms with Gasteiger partial charge >= 0.3 is 0 Å². The van der Waals surface area contributed by atoms with Crippen LogP contribution in [0, 0.1) is 0 Å². The number of nitrogens with one attached hydrogen (secondary N) is 2. The first-order chi connectivity index (χ1) is 14.4. The Morgan fingerprint density at radius 2 is 1.83 bits per heavy atom. The van der Waals surface area contributed by atoms with Crippen molar-refractivity contribution in [1.29, 1.82) is 0 Å². The highest BCUT2D eigenvalue weighted by Gasteiger charge is 2.18. The Bertz CT molecular complexity index is 1230. The molecule has 1 unspecified atom stereocenters. The van der Waals surface area contributed by atoms with Gasteiger partial charge in [0.2, 0.25) is 5.91 Å². The Hall–Kier alpha value is -2.40. The van der Waals surface area contributed by atoms with E-state index in [-0.39, 0.29) is 15.4 Å². The maximum Gasteiger partial charge on any atom is 0.271 e. The van der Waals surface area contributed by atoms with E-state index in [9.17, 15) is 13.2 Å². The molecule has 10 heteroatoms. The first kappa shape index (κ1) is 20.9. The summed E-state index contributed by atoms with van der Waals surface area (Å²) >= 11 is 3.99. The van der Waals surface area contributed by atoms with Gasteiger partial charge in [-0.1, -0.05) is 29.5 Å². The summed E-state index contributed by atoms with van der Waals surface area (Å²) in [5, 5.41) is 4.82. The standard InChI is InChI=1S/C20H17N3O3S4/c1-13(19(24)22-20-21-16-5-2-3-6-17(16)29-20)28-15-10-8-14(9-11-15)23-30(25,26)18-7-4-12-27-18/h2-13,23H,1H3,(H,21,22,24). The third-order valence-electron chi connectivity index (χ3n) is 4.07. The van der Waals surface area contributed by atoms with E-state index < -0.39 is 10.0 Å². The van der Waals surface area contributed by atoms with Crippen molar-refractivity contribution in [3.05, 3.63) is 66.0 Å². The lowest BCUT2D eigenvalue weighted by Crippen LogP contribution is -2.22. The van der Waals surface area contributed by atoms with E-state index in [1.165, 1.54) is 23.1 Å². The molecule has 0 aliphatic heterocycles. The van der Waals surface area contributed by atoms with Crippen molar-refractivity contribution in [3.63, 3.8) is 0 Å². The number of para-hydroxylation sites is 1. The van der Waals surface area contributed by atoms with Gasteiger partial charge in [0, 0.05) is 10.6 Å². The number of fused-ring (bicyclic) bond motifs is 1. The second kappa shape index (κ2) is 8.76. The molecule has 6 nitrogen and oxygen atoms in total. The number of amides is 1. The third-order valence-corrected chi connectivity index (χ3v) is 8.92. The lowest BCUT2D eigenvalue weighted by molar-refractivity contribution is -0.115. The zero-order valence-electron chi connectivity index (χ0n) is 15.7. The summed E-state index contributed by atoms with van der Waals surface area (Å²) in [6, 6.07) is 17.9. The highest BCUT2D eigenvalue weighted by molar-refractivity contribution is 8.00. The van der Waals surface area contributed by atoms with Gasteiger partial charge in [-0.05, 0) is 54.8 Å². The largest absolute Gasteiger partial charge is 0.301 e. The fourth-order valence-electron chi connectivity index (χ4n) is 2.61. The van der Waals surface area contributed by atoms with Gasteiger partial charge in [-0.2, -0.15) is 0 Å². The van der Waals surface area contributed by atoms with Gasteiger partial charge in [0.25, 0.3) is 10.0 Å². The lowest BCUT2D eigenvalue weighted by atomic mass is 10.3. The van der Waals surface area contributed by atoms with Gasteiger partial charge in [0.15, 0.2) is 5.13 Å². The van der Waals surface area contributed by atoms with Gasteiger partial charge < -0.3 is 5.32 Å². The van der Waals surface area contributed by atoms with E-state index >= 15 is 0 Å². The number of thiazole rings is 1. The molecule has 30 heavy (non-hydrogen) atoms. The first-order valence-corrected chi connectivity index (χ1v) is 13.0. The van der Waals surface area contributed by atoms with Crippen LogP contribution in [0.1, 0.15) is 6.92 Å². The predicted molar refractivity (Wildman–Crippen MR) is 125 cm³/mol. The van der Waals surface area contributed by atoms with Crippen molar-refractivity contribution in [3.8, 4) is 0 Å². The zero-order chi connectivity index (χ0) is 21.1. The van der Waals surface area contributed by atoms with Crippen LogP contribution < -0.4 is 10.0 Å². The number of anilines is 2. The van der Waals surface area contributed by atoms with Crippen molar-refractivity contribution in [2.24, 2.45) is 0 Å². The van der Waals surface area contributed by atoms with Crippen LogP contribution in [0.2, 0.25) is 0 Å². The molecule has 0 fully saturated rings. The number of rotatable bonds is 7. The molecule has 0 aliphatic rings. The average Bonchev–Trinajstić information content (AvgIpc) is 3.39. The second-order valence-corrected chi connectivity index (χ2v) is 11.6. The van der Waals surface area contributed by atoms with E-state index in [4.69, 9.17) is 0 Å². The molecule has 154 valence electrons. The van der Waals surface area contributed by atoms with Crippen LogP contribution in [-0.2, 0) is 14.8 Å². The smallest absolute Gasteiger partial charge is 0.271 e. The number of nitrogens with zero attached hydrogens (tertiary/aromatic N) is 1. The number of aromatic nitrogens is 1. The molecular weight excluding hydrogens is 459 g/mol. The molecule has 2 aromatic carbocycles. The second-order valence-electron chi connectivity index (χ2n) is 6.30. The maximum atomic E-state index is 12.5. The van der Waals surface area contributed by atoms with Crippen molar-refractivity contribution in [2.75, 3.05) is 10.0 Å². The Morgan fingerprint density at radius 1 is 1.07 bits per heavy atom. The minimum atomic E-state index is -3.57. The van der Waals surface area contributed by atoms with Crippen molar-refractivity contribution >= 4 is 71.4 Å². The minimum Gasteiger partial charge on any atom is -0.301 e. The number of benzene rings is 2. The fraction of sp³-hybridized carbons (Fsp3) is 0.100. The minimum absolute atomic E-state index is 0.137. The van der Waals surface area contributed by atoms with Crippen LogP contribution in [0.4, 0.5) is 10.8 Å². The van der Waals surface area contributed by atoms with Crippen LogP contribution in [0.5, 0.6) is 0 Å². The summed E-state index contributed by atoms with van der Waals surface area (Å²) in [7, 11) is -3.57. The Balaban J connectivity index is 1.37. The summed E-state index contributed by atoms with van der Waals surface area (Å²) in [5.74, 6) is -0.137. The number of sulfonamides is 1. The molecular formula is C20H17N3O3S4. The summed E-state index contributed by atoms with van der Waals surface area (Å²) in [4.78, 5) is 17.8. The summed E-state index contributed by atoms with van der Waals surface area (Å²) in [5.41, 5.74) is 1.33. The van der Waals surface area contributed by atoms with Gasteiger partial charge in [-0.3, -0.25) is 9.52 Å². The van der Waals surface area contributed by atoms with Crippen molar-refractivity contribution in [1.82, 2.24) is 4.98 Å². The Labute approximate surface area is 186 Å². The summed E-state index contributed by atoms with van der Waals surface area (Å²) in [6.45, 7) is 1.82. The molecule has 2 N–H and O–H groups in total. The van der Waals surface area contributed by atoms with Gasteiger partial charge in [-0.15, -0.1) is 23.1 Å².